The summed E-state index contributed by atoms with van der Waals surface area (Å²) in [5.74, 6) is 0.476. The van der Waals surface area contributed by atoms with Gasteiger partial charge in [0.25, 0.3) is 0 Å². The molecular formula is C7H10ClNO2S. The van der Waals surface area contributed by atoms with Crippen LogP contribution < -0.4 is 0 Å². The maximum Gasteiger partial charge on any atom is 0.151 e. The first kappa shape index (κ1) is 9.82. The van der Waals surface area contributed by atoms with Gasteiger partial charge >= 0.3 is 0 Å². The number of alkyl halides is 1. The first-order valence-electron chi connectivity index (χ1n) is 3.71. The number of rotatable bonds is 2. The second kappa shape index (κ2) is 3.23. The van der Waals surface area contributed by atoms with Crippen LogP contribution >= 0.6 is 11.6 Å². The largest absolute Gasteiger partial charge is 0.229 e. The summed E-state index contributed by atoms with van der Waals surface area (Å²) in [5, 5.41) is 8.81. The van der Waals surface area contributed by atoms with Gasteiger partial charge in [0, 0.05) is 5.88 Å². The van der Waals surface area contributed by atoms with Gasteiger partial charge < -0.3 is 0 Å². The average Bonchev–Trinajstić information content (AvgIpc) is 2.29. The van der Waals surface area contributed by atoms with Crippen LogP contribution in [0.3, 0.4) is 0 Å². The lowest BCUT2D eigenvalue weighted by Gasteiger charge is -2.15. The van der Waals surface area contributed by atoms with E-state index in [-0.39, 0.29) is 11.5 Å². The van der Waals surface area contributed by atoms with Gasteiger partial charge in [-0.15, -0.1) is 11.6 Å². The Morgan fingerprint density at radius 1 is 1.58 bits per heavy atom. The minimum atomic E-state index is -2.97. The number of sulfone groups is 1. The molecule has 68 valence electrons. The minimum Gasteiger partial charge on any atom is -0.229 e. The van der Waals surface area contributed by atoms with Crippen LogP contribution in [0.2, 0.25) is 0 Å². The van der Waals surface area contributed by atoms with Crippen LogP contribution in [0.5, 0.6) is 0 Å². The molecule has 0 spiro atoms. The van der Waals surface area contributed by atoms with Crippen LogP contribution in [-0.2, 0) is 9.84 Å². The van der Waals surface area contributed by atoms with Gasteiger partial charge in [-0.1, -0.05) is 0 Å². The van der Waals surface area contributed by atoms with E-state index in [0.29, 0.717) is 18.7 Å². The molecule has 1 heterocycles. The third kappa shape index (κ3) is 1.90. The fourth-order valence-corrected chi connectivity index (χ4v) is 3.84. The molecule has 1 saturated heterocycles. The summed E-state index contributed by atoms with van der Waals surface area (Å²) in [7, 11) is -2.97. The van der Waals surface area contributed by atoms with Gasteiger partial charge in [-0.2, -0.15) is 5.26 Å². The quantitative estimate of drug-likeness (QED) is 0.634. The molecule has 3 nitrogen and oxygen atoms in total. The lowest BCUT2D eigenvalue weighted by atomic mass is 9.87. The second-order valence-corrected chi connectivity index (χ2v) is 5.74. The topological polar surface area (TPSA) is 57.9 Å². The van der Waals surface area contributed by atoms with Crippen molar-refractivity contribution >= 4 is 21.4 Å². The second-order valence-electron chi connectivity index (χ2n) is 3.17. The highest BCUT2D eigenvalue weighted by molar-refractivity contribution is 7.91. The highest BCUT2D eigenvalue weighted by Gasteiger charge is 2.41. The highest BCUT2D eigenvalue weighted by atomic mass is 35.5. The molecular weight excluding hydrogens is 198 g/mol. The number of nitriles is 1. The smallest absolute Gasteiger partial charge is 0.151 e. The summed E-state index contributed by atoms with van der Waals surface area (Å²) in [4.78, 5) is 0. The SMILES string of the molecule is N#CC1(CCCl)CCS(=O)(=O)C1. The van der Waals surface area contributed by atoms with Crippen LogP contribution in [-0.4, -0.2) is 25.8 Å². The van der Waals surface area contributed by atoms with Gasteiger partial charge in [0.2, 0.25) is 0 Å². The standard InChI is InChI=1S/C7H10ClNO2S/c8-3-1-7(5-9)2-4-12(10,11)6-7/h1-4,6H2. The summed E-state index contributed by atoms with van der Waals surface area (Å²) in [5.41, 5.74) is -0.694. The van der Waals surface area contributed by atoms with Crippen molar-refractivity contribution in [2.45, 2.75) is 12.8 Å². The van der Waals surface area contributed by atoms with E-state index in [9.17, 15) is 8.42 Å². The number of hydrogen-bond donors (Lipinski definition) is 0. The zero-order valence-corrected chi connectivity index (χ0v) is 8.16. The molecule has 0 aromatic rings. The Labute approximate surface area is 77.2 Å². The Kier molecular flexibility index (Phi) is 2.64. The van der Waals surface area contributed by atoms with Crippen molar-refractivity contribution < 1.29 is 8.42 Å². The lowest BCUT2D eigenvalue weighted by molar-refractivity contribution is 0.440. The van der Waals surface area contributed by atoms with Gasteiger partial charge in [0.1, 0.15) is 0 Å². The predicted molar refractivity (Wildman–Crippen MR) is 46.7 cm³/mol. The normalized spacial score (nSPS) is 33.0. The van der Waals surface area contributed by atoms with Gasteiger partial charge in [-0.05, 0) is 12.8 Å². The Balaban J connectivity index is 2.81. The van der Waals surface area contributed by atoms with Crippen molar-refractivity contribution in [2.24, 2.45) is 5.41 Å². The highest BCUT2D eigenvalue weighted by Crippen LogP contribution is 2.35. The summed E-state index contributed by atoms with van der Waals surface area (Å²) >= 11 is 5.50. The van der Waals surface area contributed by atoms with E-state index in [0.717, 1.165) is 0 Å². The molecule has 0 bridgehead atoms. The summed E-state index contributed by atoms with van der Waals surface area (Å²) in [6, 6.07) is 2.07. The lowest BCUT2D eigenvalue weighted by Crippen LogP contribution is -2.20. The van der Waals surface area contributed by atoms with Crippen molar-refractivity contribution in [3.8, 4) is 6.07 Å². The van der Waals surface area contributed by atoms with Gasteiger partial charge in [-0.3, -0.25) is 0 Å². The molecule has 1 aliphatic heterocycles. The first-order valence-corrected chi connectivity index (χ1v) is 6.07. The molecule has 0 amide bonds. The number of hydrogen-bond acceptors (Lipinski definition) is 3. The summed E-state index contributed by atoms with van der Waals surface area (Å²) in [6.07, 6.45) is 0.919. The fraction of sp³-hybridized carbons (Fsp3) is 0.857. The first-order chi connectivity index (χ1) is 5.54. The van der Waals surface area contributed by atoms with Crippen molar-refractivity contribution in [2.75, 3.05) is 17.4 Å². The maximum atomic E-state index is 11.1. The van der Waals surface area contributed by atoms with Crippen molar-refractivity contribution in [1.29, 1.82) is 5.26 Å². The molecule has 0 aliphatic carbocycles. The zero-order chi connectivity index (χ0) is 9.24. The molecule has 1 atom stereocenters. The van der Waals surface area contributed by atoms with E-state index in [1.54, 1.807) is 0 Å². The molecule has 0 radical (unpaired) electrons. The van der Waals surface area contributed by atoms with E-state index in [1.807, 2.05) is 0 Å². The summed E-state index contributed by atoms with van der Waals surface area (Å²) < 4.78 is 22.2. The third-order valence-corrected chi connectivity index (χ3v) is 4.21. The minimum absolute atomic E-state index is 0.0107. The average molecular weight is 208 g/mol. The molecule has 1 unspecified atom stereocenters. The Morgan fingerprint density at radius 3 is 2.58 bits per heavy atom. The fourth-order valence-electron chi connectivity index (χ4n) is 1.44. The van der Waals surface area contributed by atoms with E-state index in [4.69, 9.17) is 16.9 Å². The van der Waals surface area contributed by atoms with Crippen LogP contribution in [0.1, 0.15) is 12.8 Å². The Bertz CT molecular complexity index is 306. The maximum absolute atomic E-state index is 11.1. The van der Waals surface area contributed by atoms with E-state index in [2.05, 4.69) is 6.07 Å². The molecule has 12 heavy (non-hydrogen) atoms. The van der Waals surface area contributed by atoms with E-state index in [1.165, 1.54) is 0 Å². The summed E-state index contributed by atoms with van der Waals surface area (Å²) in [6.45, 7) is 0. The molecule has 1 aliphatic rings. The third-order valence-electron chi connectivity index (χ3n) is 2.20. The molecule has 5 heteroatoms. The zero-order valence-electron chi connectivity index (χ0n) is 6.59. The van der Waals surface area contributed by atoms with E-state index < -0.39 is 15.3 Å². The van der Waals surface area contributed by atoms with E-state index >= 15 is 0 Å². The van der Waals surface area contributed by atoms with Gasteiger partial charge in [-0.25, -0.2) is 8.42 Å². The Hall–Kier alpha value is -0.270. The molecule has 0 saturated carbocycles. The predicted octanol–water partition coefficient (Wildman–Crippen LogP) is 0.944. The number of nitrogens with zero attached hydrogens (tertiary/aromatic N) is 1. The monoisotopic (exact) mass is 207 g/mol. The van der Waals surface area contributed by atoms with Crippen molar-refractivity contribution in [3.63, 3.8) is 0 Å². The van der Waals surface area contributed by atoms with Crippen LogP contribution in [0.25, 0.3) is 0 Å². The van der Waals surface area contributed by atoms with Gasteiger partial charge in [0.05, 0.1) is 23.0 Å². The van der Waals surface area contributed by atoms with Crippen LogP contribution in [0, 0.1) is 16.7 Å². The number of halogens is 1. The molecule has 1 rings (SSSR count). The molecule has 0 aromatic carbocycles. The van der Waals surface area contributed by atoms with Crippen molar-refractivity contribution in [3.05, 3.63) is 0 Å². The molecule has 1 fully saturated rings. The van der Waals surface area contributed by atoms with Crippen LogP contribution in [0.15, 0.2) is 0 Å². The Morgan fingerprint density at radius 2 is 2.25 bits per heavy atom. The molecule has 0 aromatic heterocycles. The van der Waals surface area contributed by atoms with Gasteiger partial charge in [0.15, 0.2) is 9.84 Å². The van der Waals surface area contributed by atoms with Crippen molar-refractivity contribution in [1.82, 2.24) is 0 Å². The molecule has 0 N–H and O–H groups in total. The van der Waals surface area contributed by atoms with Crippen LogP contribution in [0.4, 0.5) is 0 Å².